The van der Waals surface area contributed by atoms with Gasteiger partial charge in [0.05, 0.1) is 18.8 Å². The van der Waals surface area contributed by atoms with Crippen molar-refractivity contribution in [1.29, 1.82) is 0 Å². The van der Waals surface area contributed by atoms with Crippen LogP contribution in [0.4, 0.5) is 11.4 Å². The molecule has 0 aliphatic carbocycles. The number of carbonyl (C=O) groups is 1. The van der Waals surface area contributed by atoms with E-state index in [0.29, 0.717) is 11.4 Å². The second-order valence-corrected chi connectivity index (χ2v) is 6.29. The van der Waals surface area contributed by atoms with E-state index >= 15 is 0 Å². The predicted molar refractivity (Wildman–Crippen MR) is 105 cm³/mol. The van der Waals surface area contributed by atoms with Crippen LogP contribution in [0.15, 0.2) is 78.9 Å². The molecule has 1 aliphatic heterocycles. The number of rotatable bonds is 5. The number of anilines is 2. The highest BCUT2D eigenvalue weighted by atomic mass is 16.5. The van der Waals surface area contributed by atoms with Gasteiger partial charge in [-0.2, -0.15) is 0 Å². The third kappa shape index (κ3) is 3.58. The first-order valence-corrected chi connectivity index (χ1v) is 8.77. The summed E-state index contributed by atoms with van der Waals surface area (Å²) in [6.07, 6.45) is -0.704. The molecule has 0 fully saturated rings. The molecule has 2 atom stereocenters. The molecule has 1 unspecified atom stereocenters. The van der Waals surface area contributed by atoms with Crippen LogP contribution in [0.2, 0.25) is 0 Å². The quantitative estimate of drug-likeness (QED) is 0.714. The lowest BCUT2D eigenvalue weighted by molar-refractivity contribution is -0.124. The molecule has 5 nitrogen and oxygen atoms in total. The van der Waals surface area contributed by atoms with Crippen LogP contribution in [0.25, 0.3) is 0 Å². The van der Waals surface area contributed by atoms with Gasteiger partial charge in [-0.25, -0.2) is 0 Å². The monoisotopic (exact) mass is 360 g/mol. The summed E-state index contributed by atoms with van der Waals surface area (Å²) in [7, 11) is 1.63. The molecule has 0 aromatic heterocycles. The predicted octanol–water partition coefficient (Wildman–Crippen LogP) is 4.25. The third-order valence-electron chi connectivity index (χ3n) is 4.53. The van der Waals surface area contributed by atoms with Crippen LogP contribution < -0.4 is 20.1 Å². The molecule has 4 rings (SSSR count). The zero-order valence-electron chi connectivity index (χ0n) is 14.9. The van der Waals surface area contributed by atoms with Crippen molar-refractivity contribution >= 4 is 17.3 Å². The molecule has 0 saturated heterocycles. The second kappa shape index (κ2) is 7.41. The van der Waals surface area contributed by atoms with Gasteiger partial charge in [0.1, 0.15) is 11.5 Å². The van der Waals surface area contributed by atoms with Gasteiger partial charge in [-0.15, -0.1) is 0 Å². The molecule has 2 N–H and O–H groups in total. The minimum atomic E-state index is -0.704. The Morgan fingerprint density at radius 1 is 0.963 bits per heavy atom. The van der Waals surface area contributed by atoms with Gasteiger partial charge < -0.3 is 20.1 Å². The van der Waals surface area contributed by atoms with Gasteiger partial charge >= 0.3 is 0 Å². The summed E-state index contributed by atoms with van der Waals surface area (Å²) in [5.74, 6) is 1.26. The maximum atomic E-state index is 12.8. The number of ether oxygens (including phenoxy) is 2. The summed E-state index contributed by atoms with van der Waals surface area (Å²) in [6, 6.07) is 24.5. The van der Waals surface area contributed by atoms with Gasteiger partial charge in [0.2, 0.25) is 6.10 Å². The lowest BCUT2D eigenvalue weighted by atomic mass is 9.99. The molecule has 3 aromatic carbocycles. The standard InChI is InChI=1S/C22H20N2O3/c1-26-17-13-11-16(12-14-17)23-20(15-7-3-2-4-8-15)21-22(25)24-18-9-5-6-10-19(18)27-21/h2-14,20-21,23H,1H3,(H,24,25)/t20?,21-/m0/s1. The van der Waals surface area contributed by atoms with E-state index in [4.69, 9.17) is 9.47 Å². The van der Waals surface area contributed by atoms with Crippen molar-refractivity contribution in [3.05, 3.63) is 84.4 Å². The highest BCUT2D eigenvalue weighted by molar-refractivity contribution is 5.98. The summed E-state index contributed by atoms with van der Waals surface area (Å²) in [5, 5.41) is 6.38. The molecule has 0 radical (unpaired) electrons. The second-order valence-electron chi connectivity index (χ2n) is 6.29. The van der Waals surface area contributed by atoms with E-state index in [1.165, 1.54) is 0 Å². The first-order valence-electron chi connectivity index (χ1n) is 8.77. The van der Waals surface area contributed by atoms with Crippen molar-refractivity contribution in [2.24, 2.45) is 0 Å². The van der Waals surface area contributed by atoms with E-state index in [2.05, 4.69) is 10.6 Å². The van der Waals surface area contributed by atoms with Gasteiger partial charge in [0, 0.05) is 5.69 Å². The highest BCUT2D eigenvalue weighted by Gasteiger charge is 2.35. The maximum absolute atomic E-state index is 12.8. The fourth-order valence-corrected chi connectivity index (χ4v) is 3.15. The van der Waals surface area contributed by atoms with Crippen molar-refractivity contribution in [1.82, 2.24) is 0 Å². The van der Waals surface area contributed by atoms with Crippen molar-refractivity contribution in [3.63, 3.8) is 0 Å². The fourth-order valence-electron chi connectivity index (χ4n) is 3.15. The van der Waals surface area contributed by atoms with Gasteiger partial charge in [-0.1, -0.05) is 42.5 Å². The maximum Gasteiger partial charge on any atom is 0.268 e. The lowest BCUT2D eigenvalue weighted by Gasteiger charge is -2.32. The number of fused-ring (bicyclic) bond motifs is 1. The van der Waals surface area contributed by atoms with Gasteiger partial charge in [0.25, 0.3) is 5.91 Å². The summed E-state index contributed by atoms with van der Waals surface area (Å²) in [4.78, 5) is 12.8. The molecule has 3 aromatic rings. The Morgan fingerprint density at radius 2 is 1.67 bits per heavy atom. The summed E-state index contributed by atoms with van der Waals surface area (Å²) in [6.45, 7) is 0. The van der Waals surface area contributed by atoms with E-state index < -0.39 is 6.10 Å². The summed E-state index contributed by atoms with van der Waals surface area (Å²) in [5.41, 5.74) is 2.53. The Labute approximate surface area is 157 Å². The van der Waals surface area contributed by atoms with E-state index in [0.717, 1.165) is 17.0 Å². The van der Waals surface area contributed by atoms with Crippen molar-refractivity contribution in [3.8, 4) is 11.5 Å². The molecule has 0 bridgehead atoms. The Morgan fingerprint density at radius 3 is 2.41 bits per heavy atom. The van der Waals surface area contributed by atoms with Gasteiger partial charge in [-0.05, 0) is 42.0 Å². The average molecular weight is 360 g/mol. The van der Waals surface area contributed by atoms with E-state index in [9.17, 15) is 4.79 Å². The van der Waals surface area contributed by atoms with E-state index in [-0.39, 0.29) is 11.9 Å². The molecule has 27 heavy (non-hydrogen) atoms. The number of methoxy groups -OCH3 is 1. The van der Waals surface area contributed by atoms with Crippen molar-refractivity contribution in [2.75, 3.05) is 17.7 Å². The van der Waals surface area contributed by atoms with Crippen LogP contribution in [0, 0.1) is 0 Å². The van der Waals surface area contributed by atoms with Crippen LogP contribution in [-0.2, 0) is 4.79 Å². The Hall–Kier alpha value is -3.47. The largest absolute Gasteiger partial charge is 0.497 e. The summed E-state index contributed by atoms with van der Waals surface area (Å²) < 4.78 is 11.3. The number of hydrogen-bond donors (Lipinski definition) is 2. The van der Waals surface area contributed by atoms with Gasteiger partial charge in [-0.3, -0.25) is 4.79 Å². The SMILES string of the molecule is COc1ccc(NC(c2ccccc2)[C@@H]2Oc3ccccc3NC2=O)cc1. The molecular weight excluding hydrogens is 340 g/mol. The molecule has 0 spiro atoms. The lowest BCUT2D eigenvalue weighted by Crippen LogP contribution is -2.44. The van der Waals surface area contributed by atoms with E-state index in [1.807, 2.05) is 78.9 Å². The topological polar surface area (TPSA) is 59.6 Å². The normalized spacial score (nSPS) is 16.5. The first-order chi connectivity index (χ1) is 13.2. The minimum absolute atomic E-state index is 0.177. The molecule has 5 heteroatoms. The van der Waals surface area contributed by atoms with Crippen molar-refractivity contribution in [2.45, 2.75) is 12.1 Å². The first kappa shape index (κ1) is 17.0. The summed E-state index contributed by atoms with van der Waals surface area (Å²) >= 11 is 0. The van der Waals surface area contributed by atoms with Crippen LogP contribution in [0.3, 0.4) is 0 Å². The van der Waals surface area contributed by atoms with E-state index in [1.54, 1.807) is 7.11 Å². The zero-order chi connectivity index (χ0) is 18.6. The van der Waals surface area contributed by atoms with Crippen LogP contribution in [-0.4, -0.2) is 19.1 Å². The Balaban J connectivity index is 1.67. The molecule has 0 saturated carbocycles. The molecule has 1 amide bonds. The molecule has 1 heterocycles. The Kier molecular flexibility index (Phi) is 4.66. The number of nitrogens with one attached hydrogen (secondary N) is 2. The molecule has 136 valence electrons. The van der Waals surface area contributed by atoms with Gasteiger partial charge in [0.15, 0.2) is 0 Å². The average Bonchev–Trinajstić information content (AvgIpc) is 2.73. The smallest absolute Gasteiger partial charge is 0.268 e. The number of hydrogen-bond acceptors (Lipinski definition) is 4. The Bertz CT molecular complexity index is 926. The third-order valence-corrected chi connectivity index (χ3v) is 4.53. The number of benzene rings is 3. The minimum Gasteiger partial charge on any atom is -0.497 e. The highest BCUT2D eigenvalue weighted by Crippen LogP contribution is 2.34. The molecule has 1 aliphatic rings. The number of para-hydroxylation sites is 2. The van der Waals surface area contributed by atoms with Crippen molar-refractivity contribution < 1.29 is 14.3 Å². The number of amides is 1. The van der Waals surface area contributed by atoms with Crippen LogP contribution in [0.1, 0.15) is 11.6 Å². The fraction of sp³-hybridized carbons (Fsp3) is 0.136. The molecular formula is C22H20N2O3. The zero-order valence-corrected chi connectivity index (χ0v) is 14.9. The van der Waals surface area contributed by atoms with Crippen LogP contribution in [0.5, 0.6) is 11.5 Å². The van der Waals surface area contributed by atoms with Crippen LogP contribution >= 0.6 is 0 Å². The number of carbonyl (C=O) groups excluding carboxylic acids is 1.